The lowest BCUT2D eigenvalue weighted by atomic mass is 10.1. The van der Waals surface area contributed by atoms with Gasteiger partial charge in [-0.2, -0.15) is 0 Å². The summed E-state index contributed by atoms with van der Waals surface area (Å²) >= 11 is 0. The Morgan fingerprint density at radius 3 is 2.56 bits per heavy atom. The van der Waals surface area contributed by atoms with Crippen molar-refractivity contribution in [2.45, 2.75) is 12.5 Å². The summed E-state index contributed by atoms with van der Waals surface area (Å²) in [6, 6.07) is 10.6. The zero-order chi connectivity index (χ0) is 19.4. The van der Waals surface area contributed by atoms with Crippen LogP contribution < -0.4 is 25.4 Å². The second-order valence-electron chi connectivity index (χ2n) is 5.88. The number of nitrogens with one attached hydrogen (secondary N) is 3. The van der Waals surface area contributed by atoms with Gasteiger partial charge in [-0.25, -0.2) is 0 Å². The van der Waals surface area contributed by atoms with Crippen molar-refractivity contribution in [3.8, 4) is 11.5 Å². The number of anilines is 2. The van der Waals surface area contributed by atoms with E-state index in [0.717, 1.165) is 0 Å². The molecule has 1 heterocycles. The van der Waals surface area contributed by atoms with Gasteiger partial charge in [-0.3, -0.25) is 14.4 Å². The zero-order valence-corrected chi connectivity index (χ0v) is 14.9. The molecule has 27 heavy (non-hydrogen) atoms. The maximum Gasteiger partial charge on any atom is 0.254 e. The third-order valence-electron chi connectivity index (χ3n) is 4.11. The zero-order valence-electron chi connectivity index (χ0n) is 14.9. The maximum atomic E-state index is 12.4. The van der Waals surface area contributed by atoms with E-state index in [0.29, 0.717) is 28.4 Å². The van der Waals surface area contributed by atoms with Crippen LogP contribution in [-0.2, 0) is 9.59 Å². The van der Waals surface area contributed by atoms with Crippen molar-refractivity contribution in [2.24, 2.45) is 0 Å². The Balaban J connectivity index is 1.69. The minimum Gasteiger partial charge on any atom is -0.493 e. The molecule has 2 aromatic carbocycles. The maximum absolute atomic E-state index is 12.4. The molecule has 0 fully saturated rings. The Morgan fingerprint density at radius 1 is 1.07 bits per heavy atom. The quantitative estimate of drug-likeness (QED) is 0.745. The van der Waals surface area contributed by atoms with Gasteiger partial charge in [-0.1, -0.05) is 12.1 Å². The number of ether oxygens (including phenoxy) is 2. The summed E-state index contributed by atoms with van der Waals surface area (Å²) in [7, 11) is 3.01. The number of amides is 3. The molecule has 1 aliphatic heterocycles. The van der Waals surface area contributed by atoms with Crippen molar-refractivity contribution in [1.82, 2.24) is 5.32 Å². The highest BCUT2D eigenvalue weighted by molar-refractivity contribution is 6.11. The van der Waals surface area contributed by atoms with Crippen LogP contribution in [0.5, 0.6) is 11.5 Å². The third kappa shape index (κ3) is 4.00. The van der Waals surface area contributed by atoms with Crippen molar-refractivity contribution in [3.05, 3.63) is 48.0 Å². The minimum atomic E-state index is -0.981. The van der Waals surface area contributed by atoms with Gasteiger partial charge >= 0.3 is 0 Å². The molecule has 0 spiro atoms. The molecule has 1 atom stereocenters. The van der Waals surface area contributed by atoms with Gasteiger partial charge in [0.2, 0.25) is 11.8 Å². The van der Waals surface area contributed by atoms with Crippen LogP contribution in [0.15, 0.2) is 42.5 Å². The number of para-hydroxylation sites is 1. The monoisotopic (exact) mass is 369 g/mol. The van der Waals surface area contributed by atoms with Crippen LogP contribution in [-0.4, -0.2) is 38.0 Å². The van der Waals surface area contributed by atoms with Crippen LogP contribution in [0.25, 0.3) is 0 Å². The van der Waals surface area contributed by atoms with E-state index in [4.69, 9.17) is 9.47 Å². The molecule has 0 saturated heterocycles. The van der Waals surface area contributed by atoms with Crippen molar-refractivity contribution in [3.63, 3.8) is 0 Å². The van der Waals surface area contributed by atoms with Crippen molar-refractivity contribution in [2.75, 3.05) is 24.9 Å². The second kappa shape index (κ2) is 7.77. The normalized spacial score (nSPS) is 15.7. The highest BCUT2D eigenvalue weighted by Crippen LogP contribution is 2.29. The number of fused-ring (bicyclic) bond motifs is 1. The molecule has 3 N–H and O–H groups in total. The topological polar surface area (TPSA) is 106 Å². The summed E-state index contributed by atoms with van der Waals surface area (Å²) in [6.07, 6.45) is -0.208. The molecule has 0 radical (unpaired) electrons. The molecule has 1 aliphatic rings. The molecule has 8 nitrogen and oxygen atoms in total. The molecule has 140 valence electrons. The molecule has 0 aliphatic carbocycles. The van der Waals surface area contributed by atoms with E-state index in [-0.39, 0.29) is 6.42 Å². The van der Waals surface area contributed by atoms with E-state index in [1.54, 1.807) is 42.5 Å². The summed E-state index contributed by atoms with van der Waals surface area (Å²) in [5.74, 6) is -0.285. The van der Waals surface area contributed by atoms with Gasteiger partial charge in [-0.05, 0) is 24.3 Å². The molecule has 0 aromatic heterocycles. The Labute approximate surface area is 155 Å². The van der Waals surface area contributed by atoms with Crippen LogP contribution in [0.3, 0.4) is 0 Å². The number of hydrogen-bond donors (Lipinski definition) is 3. The van der Waals surface area contributed by atoms with E-state index in [9.17, 15) is 14.4 Å². The molecule has 2 aromatic rings. The number of benzene rings is 2. The van der Waals surface area contributed by atoms with Gasteiger partial charge < -0.3 is 25.4 Å². The lowest BCUT2D eigenvalue weighted by molar-refractivity contribution is -0.122. The number of methoxy groups -OCH3 is 2. The van der Waals surface area contributed by atoms with Gasteiger partial charge in [0.15, 0.2) is 11.5 Å². The first kappa shape index (κ1) is 18.2. The van der Waals surface area contributed by atoms with Gasteiger partial charge in [0, 0.05) is 11.8 Å². The largest absolute Gasteiger partial charge is 0.493 e. The fraction of sp³-hybridized carbons (Fsp3) is 0.211. The first-order valence-electron chi connectivity index (χ1n) is 8.24. The Bertz CT molecular complexity index is 897. The van der Waals surface area contributed by atoms with Gasteiger partial charge in [-0.15, -0.1) is 0 Å². The summed E-state index contributed by atoms with van der Waals surface area (Å²) in [4.78, 5) is 37.0. The fourth-order valence-electron chi connectivity index (χ4n) is 2.77. The predicted octanol–water partition coefficient (Wildman–Crippen LogP) is 1.78. The summed E-state index contributed by atoms with van der Waals surface area (Å²) in [5, 5.41) is 7.94. The van der Waals surface area contributed by atoms with E-state index >= 15 is 0 Å². The van der Waals surface area contributed by atoms with E-state index < -0.39 is 23.8 Å². The molecule has 3 rings (SSSR count). The number of carbonyl (C=O) groups excluding carboxylic acids is 3. The second-order valence-corrected chi connectivity index (χ2v) is 5.88. The SMILES string of the molecule is COc1ccc(NC(=O)C[C@H]2NC(=O)c3ccccc3NC2=O)cc1OC. The van der Waals surface area contributed by atoms with Crippen molar-refractivity contribution < 1.29 is 23.9 Å². The highest BCUT2D eigenvalue weighted by Gasteiger charge is 2.29. The van der Waals surface area contributed by atoms with E-state index in [2.05, 4.69) is 16.0 Å². The number of rotatable bonds is 5. The van der Waals surface area contributed by atoms with Crippen LogP contribution in [0, 0.1) is 0 Å². The number of carbonyl (C=O) groups is 3. The standard InChI is InChI=1S/C19H19N3O5/c1-26-15-8-7-11(9-16(15)27-2)20-17(23)10-14-19(25)21-13-6-4-3-5-12(13)18(24)22-14/h3-9,14H,10H2,1-2H3,(H,20,23)(H,21,25)(H,22,24)/t14-/m1/s1. The van der Waals surface area contributed by atoms with Crippen LogP contribution in [0.1, 0.15) is 16.8 Å². The van der Waals surface area contributed by atoms with Gasteiger partial charge in [0.05, 0.1) is 31.9 Å². The fourth-order valence-corrected chi connectivity index (χ4v) is 2.77. The highest BCUT2D eigenvalue weighted by atomic mass is 16.5. The average molecular weight is 369 g/mol. The molecule has 3 amide bonds. The Hall–Kier alpha value is -3.55. The Morgan fingerprint density at radius 2 is 1.81 bits per heavy atom. The summed E-state index contributed by atoms with van der Waals surface area (Å²) < 4.78 is 10.3. The van der Waals surface area contributed by atoms with Gasteiger partial charge in [0.1, 0.15) is 6.04 Å². The molecule has 8 heteroatoms. The van der Waals surface area contributed by atoms with Crippen LogP contribution in [0.4, 0.5) is 11.4 Å². The number of hydrogen-bond acceptors (Lipinski definition) is 5. The average Bonchev–Trinajstić information content (AvgIpc) is 2.78. The molecular formula is C19H19N3O5. The first-order valence-corrected chi connectivity index (χ1v) is 8.24. The summed E-state index contributed by atoms with van der Waals surface area (Å²) in [5.41, 5.74) is 1.26. The molecule has 0 bridgehead atoms. The third-order valence-corrected chi connectivity index (χ3v) is 4.11. The van der Waals surface area contributed by atoms with Crippen LogP contribution in [0.2, 0.25) is 0 Å². The lowest BCUT2D eigenvalue weighted by Gasteiger charge is -2.15. The molecule has 0 unspecified atom stereocenters. The minimum absolute atomic E-state index is 0.208. The van der Waals surface area contributed by atoms with Crippen molar-refractivity contribution in [1.29, 1.82) is 0 Å². The van der Waals surface area contributed by atoms with Crippen molar-refractivity contribution >= 4 is 29.1 Å². The smallest absolute Gasteiger partial charge is 0.254 e. The van der Waals surface area contributed by atoms with Crippen LogP contribution >= 0.6 is 0 Å². The van der Waals surface area contributed by atoms with E-state index in [1.165, 1.54) is 14.2 Å². The van der Waals surface area contributed by atoms with Gasteiger partial charge in [0.25, 0.3) is 5.91 Å². The van der Waals surface area contributed by atoms with E-state index in [1.807, 2.05) is 0 Å². The predicted molar refractivity (Wildman–Crippen MR) is 99.1 cm³/mol. The first-order chi connectivity index (χ1) is 13.0. The molecule has 0 saturated carbocycles. The molecular weight excluding hydrogens is 350 g/mol. The lowest BCUT2D eigenvalue weighted by Crippen LogP contribution is -2.43. The Kier molecular flexibility index (Phi) is 5.25. The summed E-state index contributed by atoms with van der Waals surface area (Å²) in [6.45, 7) is 0.